The minimum atomic E-state index is -3.66. The summed E-state index contributed by atoms with van der Waals surface area (Å²) in [5.74, 6) is 0.460. The maximum absolute atomic E-state index is 13.5. The lowest BCUT2D eigenvalue weighted by Gasteiger charge is -2.31. The van der Waals surface area contributed by atoms with Crippen LogP contribution in [0.2, 0.25) is 0 Å². The van der Waals surface area contributed by atoms with Gasteiger partial charge in [0.2, 0.25) is 10.0 Å². The minimum absolute atomic E-state index is 0.0543. The van der Waals surface area contributed by atoms with E-state index in [0.717, 1.165) is 54.3 Å². The average molecular weight is 507 g/mol. The molecule has 2 aliphatic carbocycles. The van der Waals surface area contributed by atoms with E-state index < -0.39 is 16.0 Å². The summed E-state index contributed by atoms with van der Waals surface area (Å²) in [5, 5.41) is 9.80. The monoisotopic (exact) mass is 506 g/mol. The Balaban J connectivity index is 1.33. The van der Waals surface area contributed by atoms with E-state index in [1.165, 1.54) is 0 Å². The van der Waals surface area contributed by atoms with Crippen LogP contribution in [0.5, 0.6) is 0 Å². The normalized spacial score (nSPS) is 23.7. The summed E-state index contributed by atoms with van der Waals surface area (Å²) in [7, 11) is -1.69. The highest BCUT2D eigenvalue weighted by atomic mass is 32.2. The zero-order valence-corrected chi connectivity index (χ0v) is 21.5. The average Bonchev–Trinajstić information content (AvgIpc) is 3.55. The molecule has 5 rings (SSSR count). The smallest absolute Gasteiger partial charge is 0.303 e. The second-order valence-corrected chi connectivity index (χ2v) is 12.0. The number of aliphatic carboxylic acids is 1. The van der Waals surface area contributed by atoms with Crippen LogP contribution in [0.15, 0.2) is 71.6 Å². The Hall–Kier alpha value is -2.90. The van der Waals surface area contributed by atoms with Crippen LogP contribution in [0.1, 0.15) is 44.9 Å². The van der Waals surface area contributed by atoms with Gasteiger partial charge >= 0.3 is 5.97 Å². The number of sulfonamides is 1. The molecule has 7 heteroatoms. The molecule has 2 fully saturated rings. The second kappa shape index (κ2) is 10.2. The van der Waals surface area contributed by atoms with Crippen LogP contribution in [-0.4, -0.2) is 30.1 Å². The third-order valence-corrected chi connectivity index (χ3v) is 9.57. The number of aromatic nitrogens is 1. The van der Waals surface area contributed by atoms with Gasteiger partial charge < -0.3 is 9.67 Å². The summed E-state index contributed by atoms with van der Waals surface area (Å²) in [6, 6.07) is 17.6. The molecule has 2 aliphatic rings. The molecule has 1 heterocycles. The van der Waals surface area contributed by atoms with E-state index in [2.05, 4.69) is 33.6 Å². The summed E-state index contributed by atoms with van der Waals surface area (Å²) in [6.45, 7) is 0. The molecule has 3 aromatic rings. The molecule has 0 saturated heterocycles. The van der Waals surface area contributed by atoms with Gasteiger partial charge in [-0.25, -0.2) is 13.1 Å². The number of nitrogens with zero attached hydrogens (tertiary/aromatic N) is 1. The Morgan fingerprint density at radius 1 is 1.08 bits per heavy atom. The molecule has 0 aliphatic heterocycles. The van der Waals surface area contributed by atoms with Crippen LogP contribution in [0.3, 0.4) is 0 Å². The van der Waals surface area contributed by atoms with Crippen LogP contribution in [0.25, 0.3) is 22.2 Å². The molecule has 0 amide bonds. The first-order valence-electron chi connectivity index (χ1n) is 12.9. The van der Waals surface area contributed by atoms with E-state index in [-0.39, 0.29) is 18.4 Å². The molecule has 4 atom stereocenters. The lowest BCUT2D eigenvalue weighted by Crippen LogP contribution is -2.43. The van der Waals surface area contributed by atoms with Crippen LogP contribution in [0.4, 0.5) is 0 Å². The molecule has 0 unspecified atom stereocenters. The first kappa shape index (κ1) is 24.8. The van der Waals surface area contributed by atoms with Crippen LogP contribution in [0, 0.1) is 17.8 Å². The maximum atomic E-state index is 13.5. The van der Waals surface area contributed by atoms with Gasteiger partial charge in [0.05, 0.1) is 4.90 Å². The van der Waals surface area contributed by atoms with Crippen molar-refractivity contribution in [2.24, 2.45) is 24.8 Å². The molecular formula is C29H34N2O4S. The van der Waals surface area contributed by atoms with Gasteiger partial charge in [-0.1, -0.05) is 48.6 Å². The Bertz CT molecular complexity index is 1380. The van der Waals surface area contributed by atoms with Crippen molar-refractivity contribution in [3.63, 3.8) is 0 Å². The fraction of sp³-hybridized carbons (Fsp3) is 0.414. The predicted octanol–water partition coefficient (Wildman–Crippen LogP) is 5.74. The molecule has 2 N–H and O–H groups in total. The number of unbranched alkanes of at least 4 members (excludes halogenated alkanes) is 1. The third-order valence-electron chi connectivity index (χ3n) is 8.11. The number of benzene rings is 2. The number of carboxylic acids is 1. The zero-order valence-electron chi connectivity index (χ0n) is 20.6. The number of rotatable bonds is 10. The fourth-order valence-corrected chi connectivity index (χ4v) is 7.66. The van der Waals surface area contributed by atoms with Crippen LogP contribution in [-0.2, 0) is 21.9 Å². The van der Waals surface area contributed by atoms with E-state index in [1.54, 1.807) is 12.1 Å². The molecule has 36 heavy (non-hydrogen) atoms. The van der Waals surface area contributed by atoms with E-state index in [4.69, 9.17) is 5.11 Å². The molecule has 0 spiro atoms. The zero-order chi connectivity index (χ0) is 25.3. The molecule has 2 bridgehead atoms. The fourth-order valence-electron chi connectivity index (χ4n) is 6.29. The lowest BCUT2D eigenvalue weighted by atomic mass is 9.83. The van der Waals surface area contributed by atoms with Crippen molar-refractivity contribution in [3.05, 3.63) is 66.7 Å². The van der Waals surface area contributed by atoms with E-state index >= 15 is 0 Å². The van der Waals surface area contributed by atoms with Crippen molar-refractivity contribution in [2.75, 3.05) is 0 Å². The molecule has 190 valence electrons. The molecule has 2 aromatic carbocycles. The van der Waals surface area contributed by atoms with Crippen LogP contribution >= 0.6 is 0 Å². The number of aryl methyl sites for hydroxylation is 1. The Morgan fingerprint density at radius 2 is 1.86 bits per heavy atom. The van der Waals surface area contributed by atoms with Gasteiger partial charge in [0.1, 0.15) is 0 Å². The standard InChI is InChI=1S/C29H34N2O4S/c1-31-26(20-9-5-4-6-10-20)18-22-15-16-24(19-27(22)31)36(34,35)30-29-23-14-13-21(17-23)25(29)11-7-2-3-8-12-28(32)33/h2,4-7,9-10,15-16,18-19,21,23,25,29-30H,3,8,11-14,17H2,1H3,(H,32,33)/b7-2-/t21-,23+,25+,29+/m0/s1. The lowest BCUT2D eigenvalue weighted by molar-refractivity contribution is -0.137. The summed E-state index contributed by atoms with van der Waals surface area (Å²) in [6.07, 6.45) is 9.88. The highest BCUT2D eigenvalue weighted by Crippen LogP contribution is 2.50. The summed E-state index contributed by atoms with van der Waals surface area (Å²) in [4.78, 5) is 11.0. The van der Waals surface area contributed by atoms with Gasteiger partial charge in [0.25, 0.3) is 0 Å². The molecule has 1 aromatic heterocycles. The summed E-state index contributed by atoms with van der Waals surface area (Å²) in [5.41, 5.74) is 3.04. The quantitative estimate of drug-likeness (QED) is 0.271. The van der Waals surface area contributed by atoms with Crippen molar-refractivity contribution in [1.29, 1.82) is 0 Å². The van der Waals surface area contributed by atoms with E-state index in [9.17, 15) is 13.2 Å². The van der Waals surface area contributed by atoms with Crippen molar-refractivity contribution >= 4 is 26.9 Å². The van der Waals surface area contributed by atoms with Crippen molar-refractivity contribution < 1.29 is 18.3 Å². The van der Waals surface area contributed by atoms with Gasteiger partial charge in [0, 0.05) is 36.1 Å². The van der Waals surface area contributed by atoms with Crippen molar-refractivity contribution in [2.45, 2.75) is 55.9 Å². The number of fused-ring (bicyclic) bond motifs is 3. The predicted molar refractivity (Wildman–Crippen MR) is 142 cm³/mol. The number of carbonyl (C=O) groups is 1. The number of allylic oxidation sites excluding steroid dienone is 2. The number of carboxylic acid groups (broad SMARTS) is 1. The largest absolute Gasteiger partial charge is 0.481 e. The molecule has 6 nitrogen and oxygen atoms in total. The van der Waals surface area contributed by atoms with Gasteiger partial charge in [-0.05, 0) is 80.0 Å². The molecular weight excluding hydrogens is 472 g/mol. The minimum Gasteiger partial charge on any atom is -0.481 e. The second-order valence-electron chi connectivity index (χ2n) is 10.3. The Kier molecular flexibility index (Phi) is 7.04. The SMILES string of the molecule is Cn1c(-c2ccccc2)cc2ccc(S(=O)(=O)N[C@@H]3[C@@H]4CC[C@@H](C4)[C@H]3C/C=C\CCCC(=O)O)cc21. The van der Waals surface area contributed by atoms with E-state index in [0.29, 0.717) is 23.2 Å². The summed E-state index contributed by atoms with van der Waals surface area (Å²) < 4.78 is 32.2. The van der Waals surface area contributed by atoms with Gasteiger partial charge in [0.15, 0.2) is 0 Å². The Morgan fingerprint density at radius 3 is 2.64 bits per heavy atom. The Labute approximate surface area is 213 Å². The van der Waals surface area contributed by atoms with Crippen molar-refractivity contribution in [3.8, 4) is 11.3 Å². The maximum Gasteiger partial charge on any atom is 0.303 e. The third kappa shape index (κ3) is 5.00. The topological polar surface area (TPSA) is 88.4 Å². The van der Waals surface area contributed by atoms with Gasteiger partial charge in [-0.3, -0.25) is 4.79 Å². The first-order chi connectivity index (χ1) is 17.3. The highest BCUT2D eigenvalue weighted by Gasteiger charge is 2.48. The number of hydrogen-bond donors (Lipinski definition) is 2. The van der Waals surface area contributed by atoms with Crippen molar-refractivity contribution in [1.82, 2.24) is 9.29 Å². The van der Waals surface area contributed by atoms with Gasteiger partial charge in [-0.15, -0.1) is 0 Å². The number of hydrogen-bond acceptors (Lipinski definition) is 3. The molecule has 2 saturated carbocycles. The van der Waals surface area contributed by atoms with E-state index in [1.807, 2.05) is 37.4 Å². The van der Waals surface area contributed by atoms with Crippen LogP contribution < -0.4 is 4.72 Å². The summed E-state index contributed by atoms with van der Waals surface area (Å²) >= 11 is 0. The van der Waals surface area contributed by atoms with Gasteiger partial charge in [-0.2, -0.15) is 0 Å². The first-order valence-corrected chi connectivity index (χ1v) is 14.4. The molecule has 0 radical (unpaired) electrons. The number of nitrogens with one attached hydrogen (secondary N) is 1. The highest BCUT2D eigenvalue weighted by molar-refractivity contribution is 7.89.